The van der Waals surface area contributed by atoms with Crippen LogP contribution in [0.2, 0.25) is 0 Å². The van der Waals surface area contributed by atoms with E-state index >= 15 is 0 Å². The summed E-state index contributed by atoms with van der Waals surface area (Å²) in [5, 5.41) is 9.41. The topological polar surface area (TPSA) is 63.1 Å². The molecule has 2 rings (SSSR count). The van der Waals surface area contributed by atoms with Gasteiger partial charge in [0, 0.05) is 34.2 Å². The van der Waals surface area contributed by atoms with Crippen molar-refractivity contribution in [3.63, 3.8) is 0 Å². The molecule has 1 aliphatic rings. The maximum absolute atomic E-state index is 11.0. The summed E-state index contributed by atoms with van der Waals surface area (Å²) in [5.41, 5.74) is 2.63. The molecule has 110 valence electrons. The van der Waals surface area contributed by atoms with E-state index in [1.807, 2.05) is 37.4 Å². The van der Waals surface area contributed by atoms with Crippen molar-refractivity contribution in [2.24, 2.45) is 0 Å². The van der Waals surface area contributed by atoms with Gasteiger partial charge in [-0.15, -0.1) is 11.8 Å². The maximum atomic E-state index is 11.0. The van der Waals surface area contributed by atoms with E-state index in [-0.39, 0.29) is 6.42 Å². The van der Waals surface area contributed by atoms with E-state index in [0.717, 1.165) is 47.1 Å². The van der Waals surface area contributed by atoms with Crippen LogP contribution in [0.1, 0.15) is 41.9 Å². The van der Waals surface area contributed by atoms with Gasteiger partial charge in [0.2, 0.25) is 0 Å². The van der Waals surface area contributed by atoms with Gasteiger partial charge in [-0.25, -0.2) is 9.97 Å². The molecule has 6 heteroatoms. The first-order chi connectivity index (χ1) is 9.65. The summed E-state index contributed by atoms with van der Waals surface area (Å²) in [4.78, 5) is 20.4. The van der Waals surface area contributed by atoms with Crippen molar-refractivity contribution in [3.05, 3.63) is 22.8 Å². The molecular weight excluding hydrogens is 292 g/mol. The van der Waals surface area contributed by atoms with Gasteiger partial charge < -0.3 is 5.11 Å². The first-order valence-corrected chi connectivity index (χ1v) is 9.15. The Kier molecular flexibility index (Phi) is 5.72. The molecule has 1 unspecified atom stereocenters. The van der Waals surface area contributed by atoms with Gasteiger partial charge in [-0.3, -0.25) is 4.79 Å². The molecule has 0 amide bonds. The van der Waals surface area contributed by atoms with E-state index < -0.39 is 5.97 Å². The number of aromatic nitrogens is 2. The summed E-state index contributed by atoms with van der Waals surface area (Å²) in [7, 11) is 0. The lowest BCUT2D eigenvalue weighted by molar-refractivity contribution is -0.136. The smallest absolute Gasteiger partial charge is 0.307 e. The van der Waals surface area contributed by atoms with Gasteiger partial charge in [-0.2, -0.15) is 11.8 Å². The average Bonchev–Trinajstić information content (AvgIpc) is 2.47. The zero-order valence-electron chi connectivity index (χ0n) is 11.9. The number of thioether (sulfide) groups is 2. The quantitative estimate of drug-likeness (QED) is 0.902. The van der Waals surface area contributed by atoms with Crippen molar-refractivity contribution >= 4 is 29.5 Å². The van der Waals surface area contributed by atoms with Crippen molar-refractivity contribution in [2.45, 2.75) is 38.4 Å². The van der Waals surface area contributed by atoms with Gasteiger partial charge >= 0.3 is 5.97 Å². The summed E-state index contributed by atoms with van der Waals surface area (Å²) in [6, 6.07) is 0. The minimum absolute atomic E-state index is 0.0270. The fraction of sp³-hybridized carbons (Fsp3) is 0.643. The molecule has 1 fully saturated rings. The number of carbonyl (C=O) groups is 1. The monoisotopic (exact) mass is 312 g/mol. The molecule has 1 atom stereocenters. The predicted molar refractivity (Wildman–Crippen MR) is 84.7 cm³/mol. The molecule has 1 aromatic heterocycles. The van der Waals surface area contributed by atoms with Crippen LogP contribution in [0.25, 0.3) is 0 Å². The lowest BCUT2D eigenvalue weighted by atomic mass is 10.0. The number of carboxylic acid groups (broad SMARTS) is 1. The Bertz CT molecular complexity index is 463. The largest absolute Gasteiger partial charge is 0.481 e. The predicted octanol–water partition coefficient (Wildman–Crippen LogP) is 2.75. The zero-order chi connectivity index (χ0) is 14.5. The third kappa shape index (κ3) is 3.67. The van der Waals surface area contributed by atoms with Crippen LogP contribution >= 0.6 is 23.5 Å². The molecule has 2 heterocycles. The Hall–Kier alpha value is -0.750. The Morgan fingerprint density at radius 1 is 1.25 bits per heavy atom. The molecule has 1 N–H and O–H groups in total. The van der Waals surface area contributed by atoms with Crippen LogP contribution in [0.3, 0.4) is 0 Å². The Balaban J connectivity index is 2.37. The van der Waals surface area contributed by atoms with Crippen LogP contribution in [0.4, 0.5) is 0 Å². The highest BCUT2D eigenvalue weighted by Gasteiger charge is 2.22. The minimum atomic E-state index is -0.812. The van der Waals surface area contributed by atoms with Crippen LogP contribution in [0, 0.1) is 0 Å². The van der Waals surface area contributed by atoms with Crippen molar-refractivity contribution in [1.82, 2.24) is 9.97 Å². The summed E-state index contributed by atoms with van der Waals surface area (Å²) < 4.78 is 0. The fourth-order valence-electron chi connectivity index (χ4n) is 2.32. The second-order valence-electron chi connectivity index (χ2n) is 4.67. The Morgan fingerprint density at radius 3 is 2.35 bits per heavy atom. The van der Waals surface area contributed by atoms with Crippen LogP contribution in [0.5, 0.6) is 0 Å². The highest BCUT2D eigenvalue weighted by Crippen LogP contribution is 2.35. The van der Waals surface area contributed by atoms with Gasteiger partial charge in [-0.1, -0.05) is 13.8 Å². The SMILES string of the molecule is CCc1nc(C2CSCCS2)nc(CC)c1CC(=O)O. The van der Waals surface area contributed by atoms with Gasteiger partial charge in [0.15, 0.2) is 0 Å². The molecule has 0 aliphatic carbocycles. The number of hydrogen-bond acceptors (Lipinski definition) is 5. The van der Waals surface area contributed by atoms with Crippen molar-refractivity contribution < 1.29 is 9.90 Å². The van der Waals surface area contributed by atoms with E-state index in [4.69, 9.17) is 5.11 Å². The molecule has 1 aromatic rings. The second kappa shape index (κ2) is 7.31. The number of hydrogen-bond donors (Lipinski definition) is 1. The highest BCUT2D eigenvalue weighted by molar-refractivity contribution is 8.06. The molecule has 0 saturated carbocycles. The standard InChI is InChI=1S/C14H20N2O2S2/c1-3-10-9(7-13(17)18)11(4-2)16-14(15-10)12-8-19-5-6-20-12/h12H,3-8H2,1-2H3,(H,17,18). The lowest BCUT2D eigenvalue weighted by Gasteiger charge is -2.21. The fourth-order valence-corrected chi connectivity index (χ4v) is 4.92. The van der Waals surface area contributed by atoms with Crippen molar-refractivity contribution in [1.29, 1.82) is 0 Å². The summed E-state index contributed by atoms with van der Waals surface area (Å²) >= 11 is 3.86. The lowest BCUT2D eigenvalue weighted by Crippen LogP contribution is -2.16. The molecule has 1 saturated heterocycles. The van der Waals surface area contributed by atoms with Crippen LogP contribution in [0.15, 0.2) is 0 Å². The van der Waals surface area contributed by atoms with Crippen LogP contribution < -0.4 is 0 Å². The van der Waals surface area contributed by atoms with Crippen molar-refractivity contribution in [3.8, 4) is 0 Å². The summed E-state index contributed by atoms with van der Waals surface area (Å²) in [6.07, 6.45) is 1.55. The molecule has 20 heavy (non-hydrogen) atoms. The summed E-state index contributed by atoms with van der Waals surface area (Å²) in [6.45, 7) is 4.05. The third-order valence-electron chi connectivity index (χ3n) is 3.30. The molecule has 0 bridgehead atoms. The molecule has 0 radical (unpaired) electrons. The average molecular weight is 312 g/mol. The normalized spacial score (nSPS) is 19.0. The van der Waals surface area contributed by atoms with Gasteiger partial charge in [0.1, 0.15) is 5.82 Å². The van der Waals surface area contributed by atoms with Gasteiger partial charge in [0.25, 0.3) is 0 Å². The van der Waals surface area contributed by atoms with Crippen LogP contribution in [-0.2, 0) is 24.1 Å². The highest BCUT2D eigenvalue weighted by atomic mass is 32.2. The second-order valence-corrected chi connectivity index (χ2v) is 7.13. The van der Waals surface area contributed by atoms with Gasteiger partial charge in [-0.05, 0) is 12.8 Å². The third-order valence-corrected chi connectivity index (χ3v) is 6.05. The first kappa shape index (κ1) is 15.6. The van der Waals surface area contributed by atoms with Crippen LogP contribution in [-0.4, -0.2) is 38.3 Å². The van der Waals surface area contributed by atoms with E-state index in [1.54, 1.807) is 0 Å². The first-order valence-electron chi connectivity index (χ1n) is 6.95. The molecule has 0 spiro atoms. The number of aliphatic carboxylic acids is 1. The van der Waals surface area contributed by atoms with Crippen molar-refractivity contribution in [2.75, 3.05) is 17.3 Å². The number of carboxylic acids is 1. The molecule has 1 aliphatic heterocycles. The minimum Gasteiger partial charge on any atom is -0.481 e. The number of aryl methyl sites for hydroxylation is 2. The number of nitrogens with zero attached hydrogens (tertiary/aromatic N) is 2. The number of rotatable bonds is 5. The van der Waals surface area contributed by atoms with E-state index in [0.29, 0.717) is 5.25 Å². The molecule has 4 nitrogen and oxygen atoms in total. The zero-order valence-corrected chi connectivity index (χ0v) is 13.5. The Labute approximate surface area is 128 Å². The summed E-state index contributed by atoms with van der Waals surface area (Å²) in [5.74, 6) is 3.46. The molecule has 0 aromatic carbocycles. The van der Waals surface area contributed by atoms with Gasteiger partial charge in [0.05, 0.1) is 11.7 Å². The van der Waals surface area contributed by atoms with E-state index in [9.17, 15) is 4.79 Å². The van der Waals surface area contributed by atoms with E-state index in [2.05, 4.69) is 9.97 Å². The Morgan fingerprint density at radius 2 is 1.90 bits per heavy atom. The maximum Gasteiger partial charge on any atom is 0.307 e. The van der Waals surface area contributed by atoms with E-state index in [1.165, 1.54) is 5.75 Å². The molecular formula is C14H20N2O2S2.